The van der Waals surface area contributed by atoms with Crippen molar-refractivity contribution in [2.45, 2.75) is 0 Å². The zero-order valence-corrected chi connectivity index (χ0v) is 11.8. The average molecular weight is 319 g/mol. The molecule has 0 aliphatic carbocycles. The Morgan fingerprint density at radius 2 is 1.89 bits per heavy atom. The highest BCUT2D eigenvalue weighted by molar-refractivity contribution is 9.10. The van der Waals surface area contributed by atoms with E-state index in [-0.39, 0.29) is 0 Å². The monoisotopic (exact) mass is 318 g/mol. The minimum atomic E-state index is 0.397. The highest BCUT2D eigenvalue weighted by atomic mass is 79.9. The van der Waals surface area contributed by atoms with E-state index in [0.717, 1.165) is 17.0 Å². The lowest BCUT2D eigenvalue weighted by molar-refractivity contribution is 0.415. The second kappa shape index (κ2) is 4.55. The first-order chi connectivity index (χ1) is 9.17. The lowest BCUT2D eigenvalue weighted by atomic mass is 10.2. The number of nitrogens with two attached hydrogens (primary N) is 1. The summed E-state index contributed by atoms with van der Waals surface area (Å²) in [7, 11) is 1.64. The number of fused-ring (bicyclic) bond motifs is 1. The number of imidazole rings is 1. The number of aromatic nitrogens is 3. The van der Waals surface area contributed by atoms with E-state index in [1.165, 1.54) is 0 Å². The van der Waals surface area contributed by atoms with E-state index < -0.39 is 0 Å². The topological polar surface area (TPSA) is 65.4 Å². The van der Waals surface area contributed by atoms with Crippen LogP contribution in [0.15, 0.2) is 41.3 Å². The number of ether oxygens (including phenoxy) is 1. The van der Waals surface area contributed by atoms with Crippen LogP contribution in [0, 0.1) is 0 Å². The number of nitrogens with zero attached hydrogens (tertiary/aromatic N) is 3. The number of rotatable bonds is 2. The molecule has 0 radical (unpaired) electrons. The molecule has 2 N–H and O–H groups in total. The molecule has 0 saturated carbocycles. The lowest BCUT2D eigenvalue weighted by Crippen LogP contribution is -1.96. The molecule has 0 unspecified atom stereocenters. The summed E-state index contributed by atoms with van der Waals surface area (Å²) in [4.78, 5) is 8.62. The maximum atomic E-state index is 5.85. The van der Waals surface area contributed by atoms with Crippen LogP contribution in [-0.4, -0.2) is 21.5 Å². The molecule has 2 heterocycles. The van der Waals surface area contributed by atoms with Crippen molar-refractivity contribution in [2.75, 3.05) is 12.8 Å². The van der Waals surface area contributed by atoms with Crippen molar-refractivity contribution < 1.29 is 4.74 Å². The molecule has 0 bridgehead atoms. The largest absolute Gasteiger partial charge is 0.497 e. The zero-order valence-electron chi connectivity index (χ0n) is 10.2. The van der Waals surface area contributed by atoms with Gasteiger partial charge in [0.15, 0.2) is 11.5 Å². The Morgan fingerprint density at radius 1 is 1.16 bits per heavy atom. The fourth-order valence-corrected chi connectivity index (χ4v) is 2.30. The Hall–Kier alpha value is -2.08. The van der Waals surface area contributed by atoms with E-state index in [0.29, 0.717) is 16.1 Å². The van der Waals surface area contributed by atoms with Gasteiger partial charge in [-0.1, -0.05) is 0 Å². The predicted molar refractivity (Wildman–Crippen MR) is 77.1 cm³/mol. The quantitative estimate of drug-likeness (QED) is 0.789. The highest BCUT2D eigenvalue weighted by Crippen LogP contribution is 2.24. The second-order valence-corrected chi connectivity index (χ2v) is 4.85. The van der Waals surface area contributed by atoms with Gasteiger partial charge in [0.05, 0.1) is 12.8 Å². The van der Waals surface area contributed by atoms with Crippen LogP contribution in [0.5, 0.6) is 5.75 Å². The molecule has 3 rings (SSSR count). The molecular weight excluding hydrogens is 308 g/mol. The number of nitrogen functional groups attached to an aromatic ring is 1. The van der Waals surface area contributed by atoms with Gasteiger partial charge in [0.2, 0.25) is 0 Å². The van der Waals surface area contributed by atoms with Gasteiger partial charge in [-0.3, -0.25) is 0 Å². The number of halogens is 1. The number of hydrogen-bond donors (Lipinski definition) is 1. The van der Waals surface area contributed by atoms with Crippen LogP contribution in [0.2, 0.25) is 0 Å². The van der Waals surface area contributed by atoms with Crippen LogP contribution in [0.25, 0.3) is 16.9 Å². The number of anilines is 1. The van der Waals surface area contributed by atoms with E-state index in [4.69, 9.17) is 10.5 Å². The predicted octanol–water partition coefficient (Wildman–Crippen LogP) is 2.75. The Labute approximate surface area is 118 Å². The van der Waals surface area contributed by atoms with Gasteiger partial charge in [0.1, 0.15) is 10.4 Å². The van der Waals surface area contributed by atoms with E-state index in [1.807, 2.05) is 41.1 Å². The Bertz CT molecular complexity index is 736. The summed E-state index contributed by atoms with van der Waals surface area (Å²) < 4.78 is 7.67. The van der Waals surface area contributed by atoms with Gasteiger partial charge in [0.25, 0.3) is 0 Å². The molecule has 0 aliphatic heterocycles. The second-order valence-electron chi connectivity index (χ2n) is 4.03. The normalized spacial score (nSPS) is 10.8. The standard InChI is InChI=1S/C13H11BrN4O/c1-19-9-4-2-8(3-5-9)10-6-18-7-11(14)17-12(15)13(18)16-10/h2-7H,1H3,(H2,15,17). The van der Waals surface area contributed by atoms with Crippen molar-refractivity contribution in [3.8, 4) is 17.0 Å². The third-order valence-electron chi connectivity index (χ3n) is 2.82. The van der Waals surface area contributed by atoms with E-state index in [2.05, 4.69) is 25.9 Å². The number of hydrogen-bond acceptors (Lipinski definition) is 4. The summed E-state index contributed by atoms with van der Waals surface area (Å²) in [6.45, 7) is 0. The molecule has 1 aromatic carbocycles. The van der Waals surface area contributed by atoms with Gasteiger partial charge >= 0.3 is 0 Å². The van der Waals surface area contributed by atoms with Crippen LogP contribution < -0.4 is 10.5 Å². The maximum Gasteiger partial charge on any atom is 0.180 e. The first-order valence-electron chi connectivity index (χ1n) is 5.62. The zero-order chi connectivity index (χ0) is 13.4. The van der Waals surface area contributed by atoms with Crippen molar-refractivity contribution >= 4 is 27.4 Å². The SMILES string of the molecule is COc1ccc(-c2cn3cc(Br)nc(N)c3n2)cc1. The highest BCUT2D eigenvalue weighted by Gasteiger charge is 2.08. The van der Waals surface area contributed by atoms with Crippen molar-refractivity contribution in [3.05, 3.63) is 41.3 Å². The molecule has 0 saturated heterocycles. The van der Waals surface area contributed by atoms with Crippen molar-refractivity contribution in [1.82, 2.24) is 14.4 Å². The fraction of sp³-hybridized carbons (Fsp3) is 0.0769. The minimum Gasteiger partial charge on any atom is -0.497 e. The first kappa shape index (κ1) is 12.0. The Balaban J connectivity index is 2.12. The molecular formula is C13H11BrN4O. The molecule has 2 aromatic heterocycles. The first-order valence-corrected chi connectivity index (χ1v) is 6.42. The molecule has 5 nitrogen and oxygen atoms in total. The maximum absolute atomic E-state index is 5.85. The molecule has 96 valence electrons. The molecule has 0 fully saturated rings. The number of benzene rings is 1. The molecule has 3 aromatic rings. The van der Waals surface area contributed by atoms with Crippen LogP contribution >= 0.6 is 15.9 Å². The summed E-state index contributed by atoms with van der Waals surface area (Å²) in [6, 6.07) is 7.71. The van der Waals surface area contributed by atoms with Crippen molar-refractivity contribution in [1.29, 1.82) is 0 Å². The smallest absolute Gasteiger partial charge is 0.180 e. The summed E-state index contributed by atoms with van der Waals surface area (Å²) in [5, 5.41) is 0. The van der Waals surface area contributed by atoms with Gasteiger partial charge in [-0.15, -0.1) is 0 Å². The molecule has 0 amide bonds. The summed E-state index contributed by atoms with van der Waals surface area (Å²) in [5.41, 5.74) is 8.34. The minimum absolute atomic E-state index is 0.397. The number of methoxy groups -OCH3 is 1. The summed E-state index contributed by atoms with van der Waals surface area (Å²) in [6.07, 6.45) is 3.74. The summed E-state index contributed by atoms with van der Waals surface area (Å²) >= 11 is 3.31. The van der Waals surface area contributed by atoms with Crippen molar-refractivity contribution in [2.24, 2.45) is 0 Å². The van der Waals surface area contributed by atoms with Crippen LogP contribution in [0.4, 0.5) is 5.82 Å². The average Bonchev–Trinajstić information content (AvgIpc) is 2.83. The van der Waals surface area contributed by atoms with Crippen LogP contribution in [0.1, 0.15) is 0 Å². The van der Waals surface area contributed by atoms with Gasteiger partial charge in [-0.2, -0.15) is 0 Å². The molecule has 19 heavy (non-hydrogen) atoms. The Morgan fingerprint density at radius 3 is 2.58 bits per heavy atom. The van der Waals surface area contributed by atoms with E-state index in [9.17, 15) is 0 Å². The van der Waals surface area contributed by atoms with E-state index >= 15 is 0 Å². The molecule has 0 atom stereocenters. The molecule has 0 spiro atoms. The van der Waals surface area contributed by atoms with Gasteiger partial charge in [0, 0.05) is 18.0 Å². The van der Waals surface area contributed by atoms with Crippen molar-refractivity contribution in [3.63, 3.8) is 0 Å². The van der Waals surface area contributed by atoms with E-state index in [1.54, 1.807) is 7.11 Å². The lowest BCUT2D eigenvalue weighted by Gasteiger charge is -1.99. The molecule has 0 aliphatic rings. The van der Waals surface area contributed by atoms with Crippen LogP contribution in [-0.2, 0) is 0 Å². The van der Waals surface area contributed by atoms with Crippen LogP contribution in [0.3, 0.4) is 0 Å². The van der Waals surface area contributed by atoms with Gasteiger partial charge < -0.3 is 14.9 Å². The van der Waals surface area contributed by atoms with Gasteiger partial charge in [-0.05, 0) is 40.2 Å². The van der Waals surface area contributed by atoms with Gasteiger partial charge in [-0.25, -0.2) is 9.97 Å². The third kappa shape index (κ3) is 2.15. The fourth-order valence-electron chi connectivity index (χ4n) is 1.89. The Kier molecular flexibility index (Phi) is 2.87. The summed E-state index contributed by atoms with van der Waals surface area (Å²) in [5.74, 6) is 1.21. The third-order valence-corrected chi connectivity index (χ3v) is 3.20. The molecule has 6 heteroatoms.